The topological polar surface area (TPSA) is 66.9 Å². The Kier molecular flexibility index (Phi) is 4.04. The molecule has 1 aromatic heterocycles. The van der Waals surface area contributed by atoms with Crippen LogP contribution in [0.1, 0.15) is 48.7 Å². The molecule has 0 radical (unpaired) electrons. The van der Waals surface area contributed by atoms with Crippen molar-refractivity contribution in [1.29, 1.82) is 0 Å². The number of aromatic nitrogens is 2. The molecule has 0 atom stereocenters. The van der Waals surface area contributed by atoms with E-state index in [0.29, 0.717) is 23.5 Å². The SMILES string of the molecule is CC(C)c1ccccc1Nc1cc(C(=O)NC2CC2)ncn1. The van der Waals surface area contributed by atoms with E-state index in [2.05, 4.69) is 40.5 Å². The van der Waals surface area contributed by atoms with Gasteiger partial charge in [0.05, 0.1) is 0 Å². The van der Waals surface area contributed by atoms with Gasteiger partial charge in [-0.1, -0.05) is 32.0 Å². The lowest BCUT2D eigenvalue weighted by Gasteiger charge is -2.14. The van der Waals surface area contributed by atoms with Crippen molar-refractivity contribution in [3.8, 4) is 0 Å². The number of anilines is 2. The normalized spacial score (nSPS) is 14.0. The molecule has 0 saturated heterocycles. The van der Waals surface area contributed by atoms with E-state index in [1.807, 2.05) is 18.2 Å². The van der Waals surface area contributed by atoms with Crippen LogP contribution in [0.4, 0.5) is 11.5 Å². The average molecular weight is 296 g/mol. The summed E-state index contributed by atoms with van der Waals surface area (Å²) in [6, 6.07) is 10.1. The maximum atomic E-state index is 12.0. The monoisotopic (exact) mass is 296 g/mol. The number of nitrogens with zero attached hydrogens (tertiary/aromatic N) is 2. The lowest BCUT2D eigenvalue weighted by molar-refractivity contribution is 0.0946. The number of carbonyl (C=O) groups is 1. The van der Waals surface area contributed by atoms with Crippen molar-refractivity contribution >= 4 is 17.4 Å². The van der Waals surface area contributed by atoms with Crippen LogP contribution in [0.25, 0.3) is 0 Å². The van der Waals surface area contributed by atoms with Gasteiger partial charge in [0.25, 0.3) is 5.91 Å². The molecule has 0 unspecified atom stereocenters. The first-order valence-electron chi connectivity index (χ1n) is 7.62. The lowest BCUT2D eigenvalue weighted by atomic mass is 10.0. The Morgan fingerprint density at radius 3 is 2.73 bits per heavy atom. The van der Waals surface area contributed by atoms with E-state index in [4.69, 9.17) is 0 Å². The van der Waals surface area contributed by atoms with Crippen molar-refractivity contribution in [2.45, 2.75) is 38.6 Å². The molecule has 1 fully saturated rings. The van der Waals surface area contributed by atoms with E-state index in [1.165, 1.54) is 11.9 Å². The smallest absolute Gasteiger partial charge is 0.270 e. The molecule has 114 valence electrons. The highest BCUT2D eigenvalue weighted by Gasteiger charge is 2.24. The molecule has 1 heterocycles. The first kappa shape index (κ1) is 14.5. The van der Waals surface area contributed by atoms with E-state index in [-0.39, 0.29) is 5.91 Å². The fourth-order valence-corrected chi connectivity index (χ4v) is 2.29. The van der Waals surface area contributed by atoms with E-state index >= 15 is 0 Å². The minimum Gasteiger partial charge on any atom is -0.348 e. The van der Waals surface area contributed by atoms with Gasteiger partial charge in [-0.25, -0.2) is 9.97 Å². The van der Waals surface area contributed by atoms with Crippen LogP contribution in [-0.4, -0.2) is 21.9 Å². The Balaban J connectivity index is 1.79. The summed E-state index contributed by atoms with van der Waals surface area (Å²) in [5.41, 5.74) is 2.61. The van der Waals surface area contributed by atoms with Crippen LogP contribution >= 0.6 is 0 Å². The fourth-order valence-electron chi connectivity index (χ4n) is 2.29. The predicted molar refractivity (Wildman–Crippen MR) is 86.3 cm³/mol. The second-order valence-electron chi connectivity index (χ2n) is 5.90. The van der Waals surface area contributed by atoms with Gasteiger partial charge >= 0.3 is 0 Å². The van der Waals surface area contributed by atoms with Crippen molar-refractivity contribution < 1.29 is 4.79 Å². The number of benzene rings is 1. The summed E-state index contributed by atoms with van der Waals surface area (Å²) >= 11 is 0. The molecular weight excluding hydrogens is 276 g/mol. The number of para-hydroxylation sites is 1. The third-order valence-corrected chi connectivity index (χ3v) is 3.66. The molecule has 1 aliphatic carbocycles. The highest BCUT2D eigenvalue weighted by atomic mass is 16.2. The molecule has 0 aliphatic heterocycles. The van der Waals surface area contributed by atoms with Gasteiger partial charge in [0.1, 0.15) is 17.8 Å². The van der Waals surface area contributed by atoms with Gasteiger partial charge in [-0.2, -0.15) is 0 Å². The predicted octanol–water partition coefficient (Wildman–Crippen LogP) is 3.24. The van der Waals surface area contributed by atoms with Crippen LogP contribution in [0.2, 0.25) is 0 Å². The minimum atomic E-state index is -0.134. The van der Waals surface area contributed by atoms with Crippen molar-refractivity contribution in [3.05, 3.63) is 47.9 Å². The molecule has 1 saturated carbocycles. The summed E-state index contributed by atoms with van der Waals surface area (Å²) in [6.45, 7) is 4.30. The average Bonchev–Trinajstić information content (AvgIpc) is 3.32. The van der Waals surface area contributed by atoms with Gasteiger partial charge in [0.15, 0.2) is 0 Å². The quantitative estimate of drug-likeness (QED) is 0.889. The molecule has 22 heavy (non-hydrogen) atoms. The van der Waals surface area contributed by atoms with E-state index < -0.39 is 0 Å². The summed E-state index contributed by atoms with van der Waals surface area (Å²) < 4.78 is 0. The molecule has 5 nitrogen and oxygen atoms in total. The van der Waals surface area contributed by atoms with Gasteiger partial charge in [-0.05, 0) is 30.4 Å². The van der Waals surface area contributed by atoms with Crippen molar-refractivity contribution in [1.82, 2.24) is 15.3 Å². The second kappa shape index (κ2) is 6.13. The molecule has 3 rings (SSSR count). The number of rotatable bonds is 5. The zero-order valence-electron chi connectivity index (χ0n) is 12.8. The largest absolute Gasteiger partial charge is 0.348 e. The molecule has 0 bridgehead atoms. The first-order chi connectivity index (χ1) is 10.6. The molecule has 2 N–H and O–H groups in total. The Morgan fingerprint density at radius 1 is 1.23 bits per heavy atom. The molecule has 1 aliphatic rings. The second-order valence-corrected chi connectivity index (χ2v) is 5.90. The van der Waals surface area contributed by atoms with Gasteiger partial charge in [0.2, 0.25) is 0 Å². The Bertz CT molecular complexity index is 680. The molecular formula is C17H20N4O. The fraction of sp³-hybridized carbons (Fsp3) is 0.353. The third kappa shape index (κ3) is 3.42. The molecule has 1 amide bonds. The summed E-state index contributed by atoms with van der Waals surface area (Å²) in [6.07, 6.45) is 3.54. The Morgan fingerprint density at radius 2 is 2.00 bits per heavy atom. The van der Waals surface area contributed by atoms with Gasteiger partial charge in [0, 0.05) is 17.8 Å². The van der Waals surface area contributed by atoms with Crippen LogP contribution < -0.4 is 10.6 Å². The Labute approximate surface area is 130 Å². The van der Waals surface area contributed by atoms with Gasteiger partial charge in [-0.15, -0.1) is 0 Å². The lowest BCUT2D eigenvalue weighted by Crippen LogP contribution is -2.26. The zero-order chi connectivity index (χ0) is 15.5. The Hall–Kier alpha value is -2.43. The summed E-state index contributed by atoms with van der Waals surface area (Å²) in [5, 5.41) is 6.22. The molecule has 0 spiro atoms. The number of hydrogen-bond acceptors (Lipinski definition) is 4. The summed E-state index contributed by atoms with van der Waals surface area (Å²) in [4.78, 5) is 20.3. The maximum Gasteiger partial charge on any atom is 0.270 e. The zero-order valence-corrected chi connectivity index (χ0v) is 12.8. The van der Waals surface area contributed by atoms with E-state index in [1.54, 1.807) is 6.07 Å². The first-order valence-corrected chi connectivity index (χ1v) is 7.62. The maximum absolute atomic E-state index is 12.0. The molecule has 2 aromatic rings. The molecule has 5 heteroatoms. The van der Waals surface area contributed by atoms with Crippen molar-refractivity contribution in [2.24, 2.45) is 0 Å². The number of nitrogens with one attached hydrogen (secondary N) is 2. The summed E-state index contributed by atoms with van der Waals surface area (Å²) in [5.74, 6) is 0.900. The third-order valence-electron chi connectivity index (χ3n) is 3.66. The van der Waals surface area contributed by atoms with Crippen LogP contribution in [0.15, 0.2) is 36.7 Å². The van der Waals surface area contributed by atoms with Crippen LogP contribution in [0.5, 0.6) is 0 Å². The van der Waals surface area contributed by atoms with Crippen molar-refractivity contribution in [3.63, 3.8) is 0 Å². The number of carbonyl (C=O) groups excluding carboxylic acids is 1. The minimum absolute atomic E-state index is 0.134. The van der Waals surface area contributed by atoms with Crippen LogP contribution in [0, 0.1) is 0 Å². The molecule has 1 aromatic carbocycles. The van der Waals surface area contributed by atoms with Crippen LogP contribution in [-0.2, 0) is 0 Å². The number of amides is 1. The highest BCUT2D eigenvalue weighted by molar-refractivity contribution is 5.93. The van der Waals surface area contributed by atoms with E-state index in [9.17, 15) is 4.79 Å². The van der Waals surface area contributed by atoms with Gasteiger partial charge < -0.3 is 10.6 Å². The summed E-state index contributed by atoms with van der Waals surface area (Å²) in [7, 11) is 0. The standard InChI is InChI=1S/C17H20N4O/c1-11(2)13-5-3-4-6-14(13)21-16-9-15(18-10-19-16)17(22)20-12-7-8-12/h3-6,9-12H,7-8H2,1-2H3,(H,20,22)(H,18,19,21). The van der Waals surface area contributed by atoms with Crippen LogP contribution in [0.3, 0.4) is 0 Å². The van der Waals surface area contributed by atoms with Crippen molar-refractivity contribution in [2.75, 3.05) is 5.32 Å². The van der Waals surface area contributed by atoms with Gasteiger partial charge in [-0.3, -0.25) is 4.79 Å². The van der Waals surface area contributed by atoms with E-state index in [0.717, 1.165) is 18.5 Å². The number of hydrogen-bond donors (Lipinski definition) is 2. The highest BCUT2D eigenvalue weighted by Crippen LogP contribution is 2.26.